The highest BCUT2D eigenvalue weighted by molar-refractivity contribution is 14.0. The second-order valence-corrected chi connectivity index (χ2v) is 8.95. The molecular formula is C20H32IN3O3S. The van der Waals surface area contributed by atoms with Crippen LogP contribution in [0.15, 0.2) is 27.8 Å². The summed E-state index contributed by atoms with van der Waals surface area (Å²) in [5, 5.41) is 7.19. The Morgan fingerprint density at radius 1 is 1.32 bits per heavy atom. The highest BCUT2D eigenvalue weighted by atomic mass is 127. The summed E-state index contributed by atoms with van der Waals surface area (Å²) in [6, 6.07) is 4.37. The molecule has 3 aliphatic rings. The van der Waals surface area contributed by atoms with E-state index in [4.69, 9.17) is 18.9 Å². The van der Waals surface area contributed by atoms with Gasteiger partial charge in [-0.25, -0.2) is 0 Å². The molecule has 1 spiro atoms. The summed E-state index contributed by atoms with van der Waals surface area (Å²) in [4.78, 5) is 4.87. The van der Waals surface area contributed by atoms with Gasteiger partial charge in [0, 0.05) is 50.4 Å². The molecule has 1 aromatic rings. The number of hydrogen-bond donors (Lipinski definition) is 2. The second kappa shape index (κ2) is 11.1. The minimum absolute atomic E-state index is 0. The molecule has 3 saturated heterocycles. The zero-order valence-electron chi connectivity index (χ0n) is 16.4. The van der Waals surface area contributed by atoms with Crippen molar-refractivity contribution >= 4 is 41.7 Å². The Balaban J connectivity index is 0.00000225. The molecule has 3 unspecified atom stereocenters. The number of aliphatic imine (C=N–C) groups is 1. The molecule has 0 bridgehead atoms. The molecule has 3 fully saturated rings. The second-order valence-electron chi connectivity index (χ2n) is 7.84. The topological polar surface area (TPSA) is 68.0 Å². The van der Waals surface area contributed by atoms with Gasteiger partial charge in [-0.05, 0) is 43.6 Å². The first-order chi connectivity index (χ1) is 13.3. The Hall–Kier alpha value is -0.450. The highest BCUT2D eigenvalue weighted by Gasteiger charge is 2.40. The number of guanidine groups is 1. The van der Waals surface area contributed by atoms with Gasteiger partial charge >= 0.3 is 0 Å². The zero-order valence-corrected chi connectivity index (χ0v) is 19.5. The smallest absolute Gasteiger partial charge is 0.191 e. The van der Waals surface area contributed by atoms with Gasteiger partial charge in [0.1, 0.15) is 5.76 Å². The van der Waals surface area contributed by atoms with Crippen LogP contribution in [0.1, 0.15) is 31.4 Å². The van der Waals surface area contributed by atoms with Gasteiger partial charge in [0.25, 0.3) is 0 Å². The molecule has 8 heteroatoms. The largest absolute Gasteiger partial charge is 0.469 e. The first-order valence-electron chi connectivity index (χ1n) is 10.2. The third-order valence-corrected chi connectivity index (χ3v) is 6.90. The summed E-state index contributed by atoms with van der Waals surface area (Å²) in [5.41, 5.74) is 0.0825. The van der Waals surface area contributed by atoms with E-state index in [1.807, 2.05) is 23.9 Å². The Bertz CT molecular complexity index is 602. The quantitative estimate of drug-likeness (QED) is 0.341. The molecule has 28 heavy (non-hydrogen) atoms. The lowest BCUT2D eigenvalue weighted by Gasteiger charge is -2.38. The van der Waals surface area contributed by atoms with E-state index in [1.54, 1.807) is 6.26 Å². The van der Waals surface area contributed by atoms with E-state index in [0.717, 1.165) is 76.1 Å². The van der Waals surface area contributed by atoms with Gasteiger partial charge < -0.3 is 24.5 Å². The standard InChI is InChI=1S/C20H31N3O3S.HI/c1-2-18(25-8-1)3-7-21-19(22-13-16-4-9-24-14-16)23-17-5-10-26-20(12-17)6-11-27-15-20;/h1-2,8,16-17H,3-7,9-15H2,(H2,21,22,23);1H. The first-order valence-corrected chi connectivity index (χ1v) is 11.3. The maximum absolute atomic E-state index is 6.16. The van der Waals surface area contributed by atoms with Crippen molar-refractivity contribution in [2.45, 2.75) is 43.7 Å². The van der Waals surface area contributed by atoms with Crippen LogP contribution in [-0.2, 0) is 15.9 Å². The van der Waals surface area contributed by atoms with Crippen molar-refractivity contribution in [2.75, 3.05) is 44.4 Å². The van der Waals surface area contributed by atoms with E-state index in [9.17, 15) is 0 Å². The van der Waals surface area contributed by atoms with Gasteiger partial charge in [-0.1, -0.05) is 0 Å². The van der Waals surface area contributed by atoms with Crippen LogP contribution >= 0.6 is 35.7 Å². The Morgan fingerprint density at radius 3 is 3.04 bits per heavy atom. The zero-order chi connectivity index (χ0) is 18.4. The molecule has 6 nitrogen and oxygen atoms in total. The summed E-state index contributed by atoms with van der Waals surface area (Å²) in [7, 11) is 0. The molecule has 4 heterocycles. The molecule has 0 saturated carbocycles. The van der Waals surface area contributed by atoms with Crippen LogP contribution < -0.4 is 10.6 Å². The van der Waals surface area contributed by atoms with Gasteiger partial charge in [-0.15, -0.1) is 24.0 Å². The first kappa shape index (κ1) is 22.2. The minimum atomic E-state index is 0. The summed E-state index contributed by atoms with van der Waals surface area (Å²) in [6.07, 6.45) is 6.98. The van der Waals surface area contributed by atoms with Crippen molar-refractivity contribution < 1.29 is 13.9 Å². The van der Waals surface area contributed by atoms with Crippen LogP contribution in [0.25, 0.3) is 0 Å². The van der Waals surface area contributed by atoms with Gasteiger partial charge in [-0.3, -0.25) is 4.99 Å². The van der Waals surface area contributed by atoms with E-state index >= 15 is 0 Å². The van der Waals surface area contributed by atoms with Crippen LogP contribution in [0.3, 0.4) is 0 Å². The average molecular weight is 521 g/mol. The number of nitrogens with one attached hydrogen (secondary N) is 2. The summed E-state index contributed by atoms with van der Waals surface area (Å²) >= 11 is 2.02. The summed E-state index contributed by atoms with van der Waals surface area (Å²) in [6.45, 7) is 4.18. The molecule has 3 aliphatic heterocycles. The number of halogens is 1. The van der Waals surface area contributed by atoms with Crippen LogP contribution in [0.5, 0.6) is 0 Å². The lowest BCUT2D eigenvalue weighted by Crippen LogP contribution is -2.52. The Morgan fingerprint density at radius 2 is 2.29 bits per heavy atom. The van der Waals surface area contributed by atoms with Crippen LogP contribution in [0.2, 0.25) is 0 Å². The van der Waals surface area contributed by atoms with Crippen molar-refractivity contribution in [3.63, 3.8) is 0 Å². The molecule has 0 amide bonds. The number of furan rings is 1. The van der Waals surface area contributed by atoms with Crippen molar-refractivity contribution in [2.24, 2.45) is 10.9 Å². The fourth-order valence-corrected chi connectivity index (χ4v) is 5.45. The molecule has 0 aliphatic carbocycles. The maximum atomic E-state index is 6.16. The molecule has 2 N–H and O–H groups in total. The number of rotatable bonds is 6. The van der Waals surface area contributed by atoms with E-state index in [1.165, 1.54) is 12.2 Å². The van der Waals surface area contributed by atoms with Gasteiger partial charge in [0.05, 0.1) is 18.5 Å². The van der Waals surface area contributed by atoms with E-state index in [-0.39, 0.29) is 29.6 Å². The van der Waals surface area contributed by atoms with E-state index in [2.05, 4.69) is 10.6 Å². The van der Waals surface area contributed by atoms with Gasteiger partial charge in [0.2, 0.25) is 0 Å². The highest BCUT2D eigenvalue weighted by Crippen LogP contribution is 2.38. The van der Waals surface area contributed by atoms with Crippen molar-refractivity contribution in [1.82, 2.24) is 10.6 Å². The average Bonchev–Trinajstić information content (AvgIpc) is 3.43. The molecule has 1 aromatic heterocycles. The Labute approximate surface area is 189 Å². The van der Waals surface area contributed by atoms with E-state index in [0.29, 0.717) is 12.0 Å². The Kier molecular flexibility index (Phi) is 8.80. The molecule has 0 aromatic carbocycles. The molecular weight excluding hydrogens is 489 g/mol. The summed E-state index contributed by atoms with van der Waals surface area (Å²) in [5.74, 6) is 4.81. The minimum Gasteiger partial charge on any atom is -0.469 e. The predicted molar refractivity (Wildman–Crippen MR) is 124 cm³/mol. The van der Waals surface area contributed by atoms with Gasteiger partial charge in [0.15, 0.2) is 5.96 Å². The van der Waals surface area contributed by atoms with Gasteiger partial charge in [-0.2, -0.15) is 11.8 Å². The molecule has 0 radical (unpaired) electrons. The molecule has 3 atom stereocenters. The van der Waals surface area contributed by atoms with Crippen molar-refractivity contribution in [3.05, 3.63) is 24.2 Å². The maximum Gasteiger partial charge on any atom is 0.191 e. The van der Waals surface area contributed by atoms with Crippen molar-refractivity contribution in [1.29, 1.82) is 0 Å². The fraction of sp³-hybridized carbons (Fsp3) is 0.750. The predicted octanol–water partition coefficient (Wildman–Crippen LogP) is 3.07. The number of thioether (sulfide) groups is 1. The monoisotopic (exact) mass is 521 g/mol. The van der Waals surface area contributed by atoms with E-state index < -0.39 is 0 Å². The lowest BCUT2D eigenvalue weighted by atomic mass is 9.90. The number of nitrogens with zero attached hydrogens (tertiary/aromatic N) is 1. The molecule has 158 valence electrons. The van der Waals surface area contributed by atoms with Crippen LogP contribution in [-0.4, -0.2) is 62.0 Å². The lowest BCUT2D eigenvalue weighted by molar-refractivity contribution is -0.0679. The number of hydrogen-bond acceptors (Lipinski definition) is 5. The van der Waals surface area contributed by atoms with Crippen molar-refractivity contribution in [3.8, 4) is 0 Å². The third kappa shape index (κ3) is 6.27. The SMILES string of the molecule is I.c1coc(CCNC(=NCC2CCOC2)NC2CCOC3(CCSC3)C2)c1. The third-order valence-electron chi connectivity index (χ3n) is 5.68. The fourth-order valence-electron chi connectivity index (χ4n) is 4.07. The summed E-state index contributed by atoms with van der Waals surface area (Å²) < 4.78 is 17.1. The van der Waals surface area contributed by atoms with Crippen LogP contribution in [0.4, 0.5) is 0 Å². The molecule has 4 rings (SSSR count). The normalized spacial score (nSPS) is 30.4. The number of ether oxygens (including phenoxy) is 2. The van der Waals surface area contributed by atoms with Crippen LogP contribution in [0, 0.1) is 5.92 Å².